The fraction of sp³-hybridized carbons (Fsp3) is 0. The summed E-state index contributed by atoms with van der Waals surface area (Å²) >= 11 is 5.85. The van der Waals surface area contributed by atoms with Gasteiger partial charge in [0.25, 0.3) is 15.9 Å². The van der Waals surface area contributed by atoms with Gasteiger partial charge in [-0.2, -0.15) is 0 Å². The van der Waals surface area contributed by atoms with Crippen LogP contribution < -0.4 is 10.0 Å². The first-order valence-electron chi connectivity index (χ1n) is 7.17. The van der Waals surface area contributed by atoms with Gasteiger partial charge in [0.1, 0.15) is 0 Å². The Labute approximate surface area is 149 Å². The molecule has 1 amide bonds. The molecule has 2 aromatic carbocycles. The van der Waals surface area contributed by atoms with Crippen LogP contribution >= 0.6 is 11.6 Å². The minimum atomic E-state index is -3.76. The Morgan fingerprint density at radius 1 is 0.960 bits per heavy atom. The van der Waals surface area contributed by atoms with Gasteiger partial charge in [-0.3, -0.25) is 9.52 Å². The van der Waals surface area contributed by atoms with Crippen LogP contribution in [0.1, 0.15) is 10.6 Å². The van der Waals surface area contributed by atoms with Crippen molar-refractivity contribution in [1.29, 1.82) is 0 Å². The van der Waals surface area contributed by atoms with Crippen LogP contribution in [-0.4, -0.2) is 14.3 Å². The highest BCUT2D eigenvalue weighted by Gasteiger charge is 2.15. The fourth-order valence-corrected chi connectivity index (χ4v) is 3.32. The Morgan fingerprint density at radius 3 is 2.36 bits per heavy atom. The molecule has 0 aliphatic rings. The first kappa shape index (κ1) is 17.1. The first-order valence-corrected chi connectivity index (χ1v) is 9.03. The molecular formula is C17H13ClN2O4S. The molecule has 3 rings (SSSR count). The third-order valence-electron chi connectivity index (χ3n) is 3.24. The molecule has 3 aromatic rings. The Kier molecular flexibility index (Phi) is 4.78. The number of carbonyl (C=O) groups excluding carboxylic acids is 1. The number of sulfonamides is 1. The number of furan rings is 1. The number of nitrogens with one attached hydrogen (secondary N) is 2. The highest BCUT2D eigenvalue weighted by atomic mass is 35.5. The van der Waals surface area contributed by atoms with Crippen molar-refractivity contribution >= 4 is 38.9 Å². The minimum Gasteiger partial charge on any atom is -0.459 e. The lowest BCUT2D eigenvalue weighted by molar-refractivity contribution is 0.0996. The van der Waals surface area contributed by atoms with Crippen LogP contribution in [0.3, 0.4) is 0 Å². The van der Waals surface area contributed by atoms with Gasteiger partial charge < -0.3 is 9.73 Å². The zero-order valence-corrected chi connectivity index (χ0v) is 14.3. The predicted molar refractivity (Wildman–Crippen MR) is 95.4 cm³/mol. The molecule has 0 radical (unpaired) electrons. The SMILES string of the molecule is O=C(Nc1ccc(S(=O)(=O)Nc2cccc(Cl)c2)cc1)c1ccco1. The molecule has 0 unspecified atom stereocenters. The Bertz CT molecular complexity index is 984. The number of anilines is 2. The zero-order valence-electron chi connectivity index (χ0n) is 12.8. The van der Waals surface area contributed by atoms with E-state index in [-0.39, 0.29) is 10.7 Å². The van der Waals surface area contributed by atoms with Crippen LogP contribution in [0.5, 0.6) is 0 Å². The third kappa shape index (κ3) is 4.20. The molecule has 0 saturated carbocycles. The number of carbonyl (C=O) groups is 1. The normalized spacial score (nSPS) is 11.1. The maximum absolute atomic E-state index is 12.4. The van der Waals surface area contributed by atoms with Gasteiger partial charge in [-0.1, -0.05) is 17.7 Å². The second kappa shape index (κ2) is 7.00. The lowest BCUT2D eigenvalue weighted by Crippen LogP contribution is -2.14. The van der Waals surface area contributed by atoms with E-state index in [0.717, 1.165) is 0 Å². The standard InChI is InChI=1S/C17H13ClN2O4S/c18-12-3-1-4-14(11-12)20-25(22,23)15-8-6-13(7-9-15)19-17(21)16-5-2-10-24-16/h1-11,20H,(H,19,21). The second-order valence-electron chi connectivity index (χ2n) is 5.07. The summed E-state index contributed by atoms with van der Waals surface area (Å²) in [5.41, 5.74) is 0.811. The van der Waals surface area contributed by atoms with Crippen molar-refractivity contribution in [3.8, 4) is 0 Å². The average Bonchev–Trinajstić information content (AvgIpc) is 3.09. The molecule has 0 atom stereocenters. The van der Waals surface area contributed by atoms with Gasteiger partial charge in [0.05, 0.1) is 16.8 Å². The fourth-order valence-electron chi connectivity index (χ4n) is 2.08. The van der Waals surface area contributed by atoms with Crippen molar-refractivity contribution in [2.24, 2.45) is 0 Å². The van der Waals surface area contributed by atoms with Crippen LogP contribution in [0, 0.1) is 0 Å². The molecule has 8 heteroatoms. The monoisotopic (exact) mass is 376 g/mol. The van der Waals surface area contributed by atoms with E-state index in [9.17, 15) is 13.2 Å². The molecule has 0 aliphatic carbocycles. The number of hydrogen-bond donors (Lipinski definition) is 2. The van der Waals surface area contributed by atoms with E-state index in [1.807, 2.05) is 0 Å². The van der Waals surface area contributed by atoms with E-state index in [1.54, 1.807) is 24.3 Å². The van der Waals surface area contributed by atoms with Gasteiger partial charge in [-0.15, -0.1) is 0 Å². The van der Waals surface area contributed by atoms with Crippen LogP contribution in [-0.2, 0) is 10.0 Å². The molecule has 25 heavy (non-hydrogen) atoms. The molecule has 1 heterocycles. The number of amides is 1. The Morgan fingerprint density at radius 2 is 1.72 bits per heavy atom. The van der Waals surface area contributed by atoms with E-state index in [1.165, 1.54) is 42.7 Å². The summed E-state index contributed by atoms with van der Waals surface area (Å²) in [6.45, 7) is 0. The molecule has 0 spiro atoms. The highest BCUT2D eigenvalue weighted by Crippen LogP contribution is 2.21. The highest BCUT2D eigenvalue weighted by molar-refractivity contribution is 7.92. The smallest absolute Gasteiger partial charge is 0.291 e. The Balaban J connectivity index is 1.73. The summed E-state index contributed by atoms with van der Waals surface area (Å²) in [4.78, 5) is 11.9. The van der Waals surface area contributed by atoms with Crippen LogP contribution in [0.15, 0.2) is 76.2 Å². The second-order valence-corrected chi connectivity index (χ2v) is 7.19. The maximum atomic E-state index is 12.4. The molecule has 6 nitrogen and oxygen atoms in total. The summed E-state index contributed by atoms with van der Waals surface area (Å²) in [5.74, 6) is -0.253. The zero-order chi connectivity index (χ0) is 17.9. The van der Waals surface area contributed by atoms with E-state index in [2.05, 4.69) is 10.0 Å². The van der Waals surface area contributed by atoms with Crippen molar-refractivity contribution in [3.63, 3.8) is 0 Å². The molecule has 128 valence electrons. The summed E-state index contributed by atoms with van der Waals surface area (Å²) in [6, 6.07) is 15.3. The molecule has 0 bridgehead atoms. The molecule has 1 aromatic heterocycles. The van der Waals surface area contributed by atoms with Gasteiger partial charge in [-0.25, -0.2) is 8.42 Å². The van der Waals surface area contributed by atoms with Gasteiger partial charge in [0.15, 0.2) is 5.76 Å². The Hall–Kier alpha value is -2.77. The van der Waals surface area contributed by atoms with Crippen LogP contribution in [0.2, 0.25) is 5.02 Å². The lowest BCUT2D eigenvalue weighted by atomic mass is 10.3. The van der Waals surface area contributed by atoms with Crippen molar-refractivity contribution in [3.05, 3.63) is 77.7 Å². The van der Waals surface area contributed by atoms with E-state index in [0.29, 0.717) is 16.4 Å². The van der Waals surface area contributed by atoms with E-state index < -0.39 is 15.9 Å². The molecule has 0 aliphatic heterocycles. The van der Waals surface area contributed by atoms with Crippen molar-refractivity contribution in [2.45, 2.75) is 4.90 Å². The number of halogens is 1. The van der Waals surface area contributed by atoms with Crippen LogP contribution in [0.4, 0.5) is 11.4 Å². The third-order valence-corrected chi connectivity index (χ3v) is 4.88. The van der Waals surface area contributed by atoms with Gasteiger partial charge in [-0.05, 0) is 54.6 Å². The van der Waals surface area contributed by atoms with Gasteiger partial charge in [0.2, 0.25) is 0 Å². The van der Waals surface area contributed by atoms with E-state index in [4.69, 9.17) is 16.0 Å². The van der Waals surface area contributed by atoms with Gasteiger partial charge in [0, 0.05) is 10.7 Å². The van der Waals surface area contributed by atoms with Gasteiger partial charge >= 0.3 is 0 Å². The largest absolute Gasteiger partial charge is 0.459 e. The summed E-state index contributed by atoms with van der Waals surface area (Å²) in [7, 11) is -3.76. The van der Waals surface area contributed by atoms with Crippen LogP contribution in [0.25, 0.3) is 0 Å². The molecular weight excluding hydrogens is 364 g/mol. The quantitative estimate of drug-likeness (QED) is 0.704. The van der Waals surface area contributed by atoms with Crippen molar-refractivity contribution < 1.29 is 17.6 Å². The number of rotatable bonds is 5. The minimum absolute atomic E-state index is 0.0588. The number of hydrogen-bond acceptors (Lipinski definition) is 4. The molecule has 0 fully saturated rings. The summed E-state index contributed by atoms with van der Waals surface area (Å²) < 4.78 is 32.2. The molecule has 0 saturated heterocycles. The summed E-state index contributed by atoms with van der Waals surface area (Å²) in [6.07, 6.45) is 1.39. The van der Waals surface area contributed by atoms with Crippen molar-refractivity contribution in [1.82, 2.24) is 0 Å². The average molecular weight is 377 g/mol. The maximum Gasteiger partial charge on any atom is 0.291 e. The molecule has 2 N–H and O–H groups in total. The topological polar surface area (TPSA) is 88.4 Å². The lowest BCUT2D eigenvalue weighted by Gasteiger charge is -2.09. The first-order chi connectivity index (χ1) is 11.9. The summed E-state index contributed by atoms with van der Waals surface area (Å²) in [5, 5.41) is 3.04. The van der Waals surface area contributed by atoms with E-state index >= 15 is 0 Å². The van der Waals surface area contributed by atoms with Crippen molar-refractivity contribution in [2.75, 3.05) is 10.0 Å². The predicted octanol–water partition coefficient (Wildman–Crippen LogP) is 3.99. The number of benzene rings is 2.